The number of non-ortho nitro benzene ring substituents is 1. The summed E-state index contributed by atoms with van der Waals surface area (Å²) in [5, 5.41) is 10.9. The molecule has 0 bridgehead atoms. The Bertz CT molecular complexity index is 623. The zero-order chi connectivity index (χ0) is 13.9. The fraction of sp³-hybridized carbons (Fsp3) is 0.200. The molecule has 1 fully saturated rings. The van der Waals surface area contributed by atoms with Crippen LogP contribution in [0.5, 0.6) is 5.75 Å². The normalized spacial score (nSPS) is 16.7. The lowest BCUT2D eigenvalue weighted by Gasteiger charge is -2.07. The van der Waals surface area contributed by atoms with E-state index in [0.29, 0.717) is 19.0 Å². The van der Waals surface area contributed by atoms with Crippen LogP contribution in [0.25, 0.3) is 0 Å². The van der Waals surface area contributed by atoms with E-state index < -0.39 is 4.92 Å². The second kappa shape index (κ2) is 5.30. The van der Waals surface area contributed by atoms with E-state index in [1.54, 1.807) is 6.07 Å². The Morgan fingerprint density at radius 2 is 2.00 bits per heavy atom. The summed E-state index contributed by atoms with van der Waals surface area (Å²) >= 11 is 0. The first kappa shape index (κ1) is 12.6. The summed E-state index contributed by atoms with van der Waals surface area (Å²) in [4.78, 5) is 10.5. The van der Waals surface area contributed by atoms with Crippen molar-refractivity contribution in [2.24, 2.45) is 0 Å². The molecular weight excluding hydrogens is 258 g/mol. The van der Waals surface area contributed by atoms with E-state index in [4.69, 9.17) is 9.47 Å². The Hall–Kier alpha value is -2.40. The third kappa shape index (κ3) is 2.95. The van der Waals surface area contributed by atoms with Gasteiger partial charge in [-0.1, -0.05) is 30.3 Å². The summed E-state index contributed by atoms with van der Waals surface area (Å²) in [6.07, 6.45) is -0.0334. The van der Waals surface area contributed by atoms with Crippen molar-refractivity contribution >= 4 is 5.69 Å². The predicted octanol–water partition coefficient (Wildman–Crippen LogP) is 3.25. The maximum atomic E-state index is 10.9. The van der Waals surface area contributed by atoms with Crippen LogP contribution in [0.4, 0.5) is 5.69 Å². The summed E-state index contributed by atoms with van der Waals surface area (Å²) in [5.41, 5.74) is 1.84. The molecule has 1 aliphatic heterocycles. The number of nitro groups is 1. The van der Waals surface area contributed by atoms with Gasteiger partial charge in [-0.3, -0.25) is 10.1 Å². The molecule has 0 amide bonds. The SMILES string of the molecule is O=[N+]([O-])c1cc(OCc2ccccc2)cc(C2CO2)c1. The highest BCUT2D eigenvalue weighted by Gasteiger charge is 2.27. The maximum Gasteiger partial charge on any atom is 0.273 e. The molecule has 1 saturated heterocycles. The fourth-order valence-electron chi connectivity index (χ4n) is 1.96. The van der Waals surface area contributed by atoms with Crippen LogP contribution in [-0.2, 0) is 11.3 Å². The minimum absolute atomic E-state index is 0.0288. The van der Waals surface area contributed by atoms with Gasteiger partial charge in [-0.15, -0.1) is 0 Å². The number of ether oxygens (including phenoxy) is 2. The molecule has 5 nitrogen and oxygen atoms in total. The molecule has 1 heterocycles. The van der Waals surface area contributed by atoms with E-state index in [1.165, 1.54) is 12.1 Å². The van der Waals surface area contributed by atoms with E-state index in [-0.39, 0.29) is 11.8 Å². The summed E-state index contributed by atoms with van der Waals surface area (Å²) in [5.74, 6) is 0.494. The van der Waals surface area contributed by atoms with Crippen LogP contribution in [0.2, 0.25) is 0 Å². The zero-order valence-corrected chi connectivity index (χ0v) is 10.7. The molecule has 1 unspecified atom stereocenters. The Balaban J connectivity index is 1.79. The minimum atomic E-state index is -0.415. The molecule has 102 valence electrons. The number of rotatable bonds is 5. The summed E-state index contributed by atoms with van der Waals surface area (Å²) in [7, 11) is 0. The predicted molar refractivity (Wildman–Crippen MR) is 72.6 cm³/mol. The highest BCUT2D eigenvalue weighted by molar-refractivity contribution is 5.44. The standard InChI is InChI=1S/C15H13NO4/c17-16(18)13-6-12(15-10-20-15)7-14(8-13)19-9-11-4-2-1-3-5-11/h1-8,15H,9-10H2. The van der Waals surface area contributed by atoms with Crippen molar-refractivity contribution in [3.05, 3.63) is 69.8 Å². The summed E-state index contributed by atoms with van der Waals surface area (Å²) in [6, 6.07) is 14.4. The molecule has 0 aromatic heterocycles. The highest BCUT2D eigenvalue weighted by atomic mass is 16.6. The Morgan fingerprint density at radius 1 is 1.25 bits per heavy atom. The van der Waals surface area contributed by atoms with E-state index in [1.807, 2.05) is 30.3 Å². The molecular formula is C15H13NO4. The average Bonchev–Trinajstić information content (AvgIpc) is 3.30. The van der Waals surface area contributed by atoms with Gasteiger partial charge in [0, 0.05) is 6.07 Å². The highest BCUT2D eigenvalue weighted by Crippen LogP contribution is 2.35. The molecule has 0 saturated carbocycles. The molecule has 1 atom stereocenters. The molecule has 0 radical (unpaired) electrons. The van der Waals surface area contributed by atoms with Crippen molar-refractivity contribution in [1.29, 1.82) is 0 Å². The van der Waals surface area contributed by atoms with Crippen molar-refractivity contribution in [3.63, 3.8) is 0 Å². The van der Waals surface area contributed by atoms with Crippen molar-refractivity contribution in [1.82, 2.24) is 0 Å². The van der Waals surface area contributed by atoms with Crippen molar-refractivity contribution in [3.8, 4) is 5.75 Å². The van der Waals surface area contributed by atoms with Gasteiger partial charge in [0.15, 0.2) is 0 Å². The lowest BCUT2D eigenvalue weighted by Crippen LogP contribution is -1.98. The molecule has 3 rings (SSSR count). The maximum absolute atomic E-state index is 10.9. The molecule has 0 N–H and O–H groups in total. The lowest BCUT2D eigenvalue weighted by atomic mass is 10.1. The van der Waals surface area contributed by atoms with E-state index >= 15 is 0 Å². The van der Waals surface area contributed by atoms with Gasteiger partial charge in [0.05, 0.1) is 17.6 Å². The molecule has 1 aliphatic rings. The summed E-state index contributed by atoms with van der Waals surface area (Å²) < 4.78 is 10.8. The first-order valence-corrected chi connectivity index (χ1v) is 6.30. The zero-order valence-electron chi connectivity index (χ0n) is 10.7. The lowest BCUT2D eigenvalue weighted by molar-refractivity contribution is -0.385. The van der Waals surface area contributed by atoms with Gasteiger partial charge < -0.3 is 9.47 Å². The van der Waals surface area contributed by atoms with Gasteiger partial charge in [-0.05, 0) is 17.2 Å². The quantitative estimate of drug-likeness (QED) is 0.475. The number of benzene rings is 2. The topological polar surface area (TPSA) is 64.9 Å². The van der Waals surface area contributed by atoms with Crippen molar-refractivity contribution in [2.45, 2.75) is 12.7 Å². The number of nitrogens with zero attached hydrogens (tertiary/aromatic N) is 1. The van der Waals surface area contributed by atoms with Crippen LogP contribution >= 0.6 is 0 Å². The van der Waals surface area contributed by atoms with E-state index in [0.717, 1.165) is 11.1 Å². The van der Waals surface area contributed by atoms with Gasteiger partial charge in [-0.2, -0.15) is 0 Å². The molecule has 0 aliphatic carbocycles. The Labute approximate surface area is 115 Å². The smallest absolute Gasteiger partial charge is 0.273 e. The van der Waals surface area contributed by atoms with Gasteiger partial charge in [0.2, 0.25) is 0 Å². The Kier molecular flexibility index (Phi) is 3.35. The Morgan fingerprint density at radius 3 is 2.65 bits per heavy atom. The summed E-state index contributed by atoms with van der Waals surface area (Å²) in [6.45, 7) is 0.992. The largest absolute Gasteiger partial charge is 0.489 e. The molecule has 2 aromatic rings. The number of hydrogen-bond donors (Lipinski definition) is 0. The first-order valence-electron chi connectivity index (χ1n) is 6.30. The average molecular weight is 271 g/mol. The minimum Gasteiger partial charge on any atom is -0.489 e. The van der Waals surface area contributed by atoms with Crippen LogP contribution in [0.1, 0.15) is 17.2 Å². The third-order valence-corrected chi connectivity index (χ3v) is 3.08. The number of hydrogen-bond acceptors (Lipinski definition) is 4. The third-order valence-electron chi connectivity index (χ3n) is 3.08. The second-order valence-corrected chi connectivity index (χ2v) is 4.61. The van der Waals surface area contributed by atoms with E-state index in [9.17, 15) is 10.1 Å². The molecule has 0 spiro atoms. The van der Waals surface area contributed by atoms with Crippen LogP contribution in [-0.4, -0.2) is 11.5 Å². The van der Waals surface area contributed by atoms with Crippen LogP contribution in [0.15, 0.2) is 48.5 Å². The number of nitro benzene ring substituents is 1. The molecule has 20 heavy (non-hydrogen) atoms. The van der Waals surface area contributed by atoms with Crippen LogP contribution in [0.3, 0.4) is 0 Å². The second-order valence-electron chi connectivity index (χ2n) is 4.61. The van der Waals surface area contributed by atoms with Gasteiger partial charge >= 0.3 is 0 Å². The monoisotopic (exact) mass is 271 g/mol. The first-order chi connectivity index (χ1) is 9.72. The van der Waals surface area contributed by atoms with Gasteiger partial charge in [0.25, 0.3) is 5.69 Å². The van der Waals surface area contributed by atoms with E-state index in [2.05, 4.69) is 0 Å². The van der Waals surface area contributed by atoms with Crippen LogP contribution in [0, 0.1) is 10.1 Å². The van der Waals surface area contributed by atoms with Crippen LogP contribution < -0.4 is 4.74 Å². The number of epoxide rings is 1. The van der Waals surface area contributed by atoms with Gasteiger partial charge in [0.1, 0.15) is 18.5 Å². The molecule has 2 aromatic carbocycles. The van der Waals surface area contributed by atoms with Crippen molar-refractivity contribution < 1.29 is 14.4 Å². The molecule has 5 heteroatoms. The fourth-order valence-corrected chi connectivity index (χ4v) is 1.96. The van der Waals surface area contributed by atoms with Crippen molar-refractivity contribution in [2.75, 3.05) is 6.61 Å². The van der Waals surface area contributed by atoms with Gasteiger partial charge in [-0.25, -0.2) is 0 Å².